The number of carbonyl (C=O) groups is 3. The van der Waals surface area contributed by atoms with Gasteiger partial charge in [0.15, 0.2) is 5.96 Å². The van der Waals surface area contributed by atoms with Crippen LogP contribution >= 0.6 is 0 Å². The maximum Gasteiger partial charge on any atom is 0.455 e. The third-order valence-corrected chi connectivity index (χ3v) is 6.12. The molecule has 3 atom stereocenters. The normalized spacial score (nSPS) is 13.7. The van der Waals surface area contributed by atoms with Crippen molar-refractivity contribution in [1.82, 2.24) is 16.0 Å². The Morgan fingerprint density at radius 3 is 1.98 bits per heavy atom. The first-order chi connectivity index (χ1) is 20.1. The van der Waals surface area contributed by atoms with Crippen molar-refractivity contribution in [2.75, 3.05) is 13.1 Å². The minimum Gasteiger partial charge on any atom is -0.508 e. The van der Waals surface area contributed by atoms with Gasteiger partial charge in [-0.15, -0.1) is 0 Å². The number of phenolic OH excluding ortho intramolecular Hbond substituents is 1. The van der Waals surface area contributed by atoms with Crippen LogP contribution in [0, 0.1) is 0 Å². The lowest BCUT2D eigenvalue weighted by Gasteiger charge is -2.25. The topological polar surface area (TPSA) is 198 Å². The van der Waals surface area contributed by atoms with Gasteiger partial charge in [-0.25, -0.2) is 0 Å². The predicted molar refractivity (Wildman–Crippen MR) is 148 cm³/mol. The molecule has 236 valence electrons. The van der Waals surface area contributed by atoms with Crippen molar-refractivity contribution >= 4 is 23.7 Å². The number of guanidine groups is 1. The highest BCUT2D eigenvalue weighted by Crippen LogP contribution is 2.34. The molecule has 3 amide bonds. The van der Waals surface area contributed by atoms with Crippen LogP contribution in [-0.2, 0) is 27.2 Å². The molecule has 0 radical (unpaired) electrons. The lowest BCUT2D eigenvalue weighted by atomic mass is 10.0. The van der Waals surface area contributed by atoms with E-state index in [0.717, 1.165) is 0 Å². The molecule has 0 aliphatic heterocycles. The summed E-state index contributed by atoms with van der Waals surface area (Å²) in [5.41, 5.74) is 17.7. The van der Waals surface area contributed by atoms with Gasteiger partial charge in [0.2, 0.25) is 17.7 Å². The molecule has 2 rings (SSSR count). The van der Waals surface area contributed by atoms with E-state index in [4.69, 9.17) is 17.2 Å². The highest BCUT2D eigenvalue weighted by molar-refractivity contribution is 5.93. The number of phenols is 1. The van der Waals surface area contributed by atoms with E-state index in [1.54, 1.807) is 47.8 Å². The number of carbonyl (C=O) groups excluding carboxylic acids is 3. The zero-order chi connectivity index (χ0) is 32.2. The summed E-state index contributed by atoms with van der Waals surface area (Å²) in [6.07, 6.45) is -5.99. The third-order valence-electron chi connectivity index (χ3n) is 6.12. The molecule has 0 aromatic heterocycles. The monoisotopic (exact) mass is 615 g/mol. The van der Waals surface area contributed by atoms with Crippen molar-refractivity contribution in [3.05, 3.63) is 65.7 Å². The Morgan fingerprint density at radius 2 is 1.40 bits per heavy atom. The highest BCUT2D eigenvalue weighted by atomic mass is 19.4. The second-order valence-corrected chi connectivity index (χ2v) is 9.66. The number of aliphatic imine (C=N–C) groups is 1. The number of hydrogen-bond acceptors (Lipinski definition) is 6. The highest BCUT2D eigenvalue weighted by Gasteiger charge is 2.57. The molecular weight excluding hydrogens is 581 g/mol. The van der Waals surface area contributed by atoms with E-state index in [2.05, 4.69) is 15.6 Å². The molecule has 10 N–H and O–H groups in total. The maximum atomic E-state index is 13.5. The minimum absolute atomic E-state index is 0.00972. The van der Waals surface area contributed by atoms with E-state index in [1.165, 1.54) is 12.1 Å². The van der Waals surface area contributed by atoms with E-state index < -0.39 is 54.5 Å². The molecule has 0 saturated carbocycles. The number of nitrogens with two attached hydrogens (primary N) is 3. The maximum absolute atomic E-state index is 13.5. The second kappa shape index (κ2) is 15.7. The van der Waals surface area contributed by atoms with Crippen molar-refractivity contribution in [3.8, 4) is 5.75 Å². The molecule has 0 saturated heterocycles. The third kappa shape index (κ3) is 11.7. The molecule has 2 aromatic rings. The van der Waals surface area contributed by atoms with Gasteiger partial charge >= 0.3 is 12.1 Å². The smallest absolute Gasteiger partial charge is 0.455 e. The van der Waals surface area contributed by atoms with Gasteiger partial charge in [0.1, 0.15) is 17.8 Å². The van der Waals surface area contributed by atoms with Gasteiger partial charge in [0.25, 0.3) is 0 Å². The van der Waals surface area contributed by atoms with Crippen LogP contribution in [-0.4, -0.2) is 72.1 Å². The Hall–Kier alpha value is -4.47. The van der Waals surface area contributed by atoms with E-state index in [-0.39, 0.29) is 43.9 Å². The number of benzene rings is 2. The van der Waals surface area contributed by atoms with Gasteiger partial charge in [0, 0.05) is 13.0 Å². The fourth-order valence-corrected chi connectivity index (χ4v) is 3.78. The lowest BCUT2D eigenvalue weighted by molar-refractivity contribution is -0.278. The Balaban J connectivity index is 2.21. The van der Waals surface area contributed by atoms with E-state index in [0.29, 0.717) is 11.1 Å². The number of nitrogens with zero attached hydrogens (tertiary/aromatic N) is 1. The molecule has 16 heteroatoms. The number of hydrogen-bond donors (Lipinski definition) is 7. The van der Waals surface area contributed by atoms with E-state index in [9.17, 15) is 41.4 Å². The van der Waals surface area contributed by atoms with Crippen LogP contribution in [0.4, 0.5) is 22.0 Å². The SMILES string of the molecule is NC(N)=NCCC[C@@H](NC(=O)[C@@H](N)Cc1ccc(O)cc1)C(=O)N[C@@H](Cc1ccccc1)C(=O)NCC(F)(F)C(F)(F)F. The van der Waals surface area contributed by atoms with Crippen molar-refractivity contribution in [1.29, 1.82) is 0 Å². The van der Waals surface area contributed by atoms with Gasteiger partial charge < -0.3 is 38.3 Å². The number of halogens is 5. The quantitative estimate of drug-likeness (QED) is 0.0667. The van der Waals surface area contributed by atoms with Crippen LogP contribution in [0.1, 0.15) is 24.0 Å². The molecular formula is C27H34F5N7O4. The first kappa shape index (κ1) is 34.7. The van der Waals surface area contributed by atoms with Crippen molar-refractivity contribution in [2.45, 2.75) is 55.9 Å². The summed E-state index contributed by atoms with van der Waals surface area (Å²) >= 11 is 0. The number of rotatable bonds is 15. The Bertz CT molecular complexity index is 1240. The first-order valence-electron chi connectivity index (χ1n) is 13.0. The van der Waals surface area contributed by atoms with Crippen LogP contribution in [0.5, 0.6) is 5.75 Å². The van der Waals surface area contributed by atoms with Gasteiger partial charge in [-0.2, -0.15) is 22.0 Å². The summed E-state index contributed by atoms with van der Waals surface area (Å²) in [4.78, 5) is 42.8. The zero-order valence-corrected chi connectivity index (χ0v) is 22.9. The standard InChI is InChI=1S/C27H34F5N7O4/c28-26(29,27(30,31)32)15-37-23(42)21(14-16-5-2-1-3-6-16)39-24(43)20(7-4-12-36-25(34)35)38-22(41)19(33)13-17-8-10-18(40)11-9-17/h1-3,5-6,8-11,19-21,40H,4,7,12-15,33H2,(H,37,42)(H,38,41)(H,39,43)(H4,34,35,36)/t19-,20+,21-/m0/s1. The van der Waals surface area contributed by atoms with Crippen molar-refractivity contribution < 1.29 is 41.4 Å². The van der Waals surface area contributed by atoms with Gasteiger partial charge in [-0.3, -0.25) is 19.4 Å². The average Bonchev–Trinajstić information content (AvgIpc) is 2.93. The summed E-state index contributed by atoms with van der Waals surface area (Å²) in [6.45, 7) is -1.97. The van der Waals surface area contributed by atoms with Crippen LogP contribution in [0.2, 0.25) is 0 Å². The fraction of sp³-hybridized carbons (Fsp3) is 0.407. The minimum atomic E-state index is -5.90. The molecule has 0 heterocycles. The van der Waals surface area contributed by atoms with Gasteiger partial charge in [-0.05, 0) is 42.5 Å². The largest absolute Gasteiger partial charge is 0.508 e. The Kier molecular flexibility index (Phi) is 12.7. The van der Waals surface area contributed by atoms with Crippen molar-refractivity contribution in [2.24, 2.45) is 22.2 Å². The van der Waals surface area contributed by atoms with Crippen LogP contribution < -0.4 is 33.2 Å². The number of amides is 3. The summed E-state index contributed by atoms with van der Waals surface area (Å²) in [5.74, 6) is -8.38. The molecule has 2 aromatic carbocycles. The molecule has 43 heavy (non-hydrogen) atoms. The van der Waals surface area contributed by atoms with Crippen LogP contribution in [0.25, 0.3) is 0 Å². The van der Waals surface area contributed by atoms with Gasteiger partial charge in [0.05, 0.1) is 12.6 Å². The molecule has 0 aliphatic rings. The molecule has 0 aliphatic carbocycles. The summed E-state index contributed by atoms with van der Waals surface area (Å²) in [5, 5.41) is 15.8. The fourth-order valence-electron chi connectivity index (χ4n) is 3.78. The van der Waals surface area contributed by atoms with Crippen molar-refractivity contribution in [3.63, 3.8) is 0 Å². The van der Waals surface area contributed by atoms with Gasteiger partial charge in [-0.1, -0.05) is 42.5 Å². The average molecular weight is 616 g/mol. The Morgan fingerprint density at radius 1 is 0.814 bits per heavy atom. The number of aromatic hydroxyl groups is 1. The molecule has 0 unspecified atom stereocenters. The second-order valence-electron chi connectivity index (χ2n) is 9.66. The van der Waals surface area contributed by atoms with E-state index >= 15 is 0 Å². The summed E-state index contributed by atoms with van der Waals surface area (Å²) in [6, 6.07) is 9.88. The zero-order valence-electron chi connectivity index (χ0n) is 22.9. The Labute approximate surface area is 244 Å². The summed E-state index contributed by atoms with van der Waals surface area (Å²) < 4.78 is 64.8. The molecule has 0 bridgehead atoms. The van der Waals surface area contributed by atoms with Crippen LogP contribution in [0.3, 0.4) is 0 Å². The number of alkyl halides is 5. The number of nitrogens with one attached hydrogen (secondary N) is 3. The molecule has 11 nitrogen and oxygen atoms in total. The predicted octanol–water partition coefficient (Wildman–Crippen LogP) is 0.842. The lowest BCUT2D eigenvalue weighted by Crippen LogP contribution is -2.57. The van der Waals surface area contributed by atoms with Crippen LogP contribution in [0.15, 0.2) is 59.6 Å². The molecule has 0 spiro atoms. The van der Waals surface area contributed by atoms with E-state index in [1.807, 2.05) is 0 Å². The summed E-state index contributed by atoms with van der Waals surface area (Å²) in [7, 11) is 0. The molecule has 0 fully saturated rings. The first-order valence-corrected chi connectivity index (χ1v) is 13.0.